The Morgan fingerprint density at radius 2 is 1.28 bits per heavy atom. The summed E-state index contributed by atoms with van der Waals surface area (Å²) in [6, 6.07) is 18.9. The first-order valence-electron chi connectivity index (χ1n) is 8.35. The summed E-state index contributed by atoms with van der Waals surface area (Å²) in [5, 5.41) is 0. The van der Waals surface area contributed by atoms with Gasteiger partial charge >= 0.3 is 0 Å². The normalized spacial score (nSPS) is 10.7. The number of hydrogen-bond acceptors (Lipinski definition) is 1. The van der Waals surface area contributed by atoms with Gasteiger partial charge in [-0.15, -0.1) is 0 Å². The zero-order valence-corrected chi connectivity index (χ0v) is 14.4. The summed E-state index contributed by atoms with van der Waals surface area (Å²) in [6.07, 6.45) is 2.19. The molecule has 3 aromatic rings. The van der Waals surface area contributed by atoms with Gasteiger partial charge in [0.1, 0.15) is 0 Å². The van der Waals surface area contributed by atoms with Gasteiger partial charge in [0.25, 0.3) is 0 Å². The minimum absolute atomic E-state index is 0.0926. The topological polar surface area (TPSA) is 9.23 Å². The Morgan fingerprint density at radius 3 is 1.84 bits per heavy atom. The van der Waals surface area contributed by atoms with Crippen LogP contribution >= 0.6 is 0 Å². The summed E-state index contributed by atoms with van der Waals surface area (Å²) >= 11 is 0. The second kappa shape index (κ2) is 7.47. The molecule has 0 atom stereocenters. The molecule has 128 valence electrons. The van der Waals surface area contributed by atoms with Crippen molar-refractivity contribution in [2.24, 2.45) is 0 Å². The highest BCUT2D eigenvalue weighted by Gasteiger charge is 2.15. The van der Waals surface area contributed by atoms with Gasteiger partial charge in [-0.1, -0.05) is 61.9 Å². The highest BCUT2D eigenvalue weighted by Crippen LogP contribution is 2.31. The molecule has 0 aliphatic heterocycles. The Hall–Kier alpha value is -2.68. The lowest BCUT2D eigenvalue weighted by molar-refractivity contribution is 0.372. The Labute approximate surface area is 146 Å². The van der Waals surface area contributed by atoms with E-state index in [0.717, 1.165) is 24.0 Å². The van der Waals surface area contributed by atoms with Crippen molar-refractivity contribution >= 4 is 0 Å². The second-order valence-electron chi connectivity index (χ2n) is 5.97. The fourth-order valence-corrected chi connectivity index (χ4v) is 2.91. The molecule has 0 radical (unpaired) electrons. The zero-order chi connectivity index (χ0) is 17.8. The SMILES string of the molecule is CCCc1ccc(-c2ccc(-c3ccc(OC)c(F)c3F)cc2)cc1. The van der Waals surface area contributed by atoms with Crippen LogP contribution in [0.3, 0.4) is 0 Å². The average Bonchev–Trinajstić information content (AvgIpc) is 2.65. The maximum atomic E-state index is 14.2. The first-order valence-corrected chi connectivity index (χ1v) is 8.35. The largest absolute Gasteiger partial charge is 0.494 e. The molecule has 0 spiro atoms. The second-order valence-corrected chi connectivity index (χ2v) is 5.97. The first kappa shape index (κ1) is 17.2. The van der Waals surface area contributed by atoms with Gasteiger partial charge in [-0.2, -0.15) is 4.39 Å². The Kier molecular flexibility index (Phi) is 5.13. The molecular weight excluding hydrogens is 318 g/mol. The van der Waals surface area contributed by atoms with E-state index in [9.17, 15) is 8.78 Å². The van der Waals surface area contributed by atoms with E-state index in [0.29, 0.717) is 5.56 Å². The highest BCUT2D eigenvalue weighted by molar-refractivity contribution is 5.71. The molecule has 0 unspecified atom stereocenters. The Balaban J connectivity index is 1.89. The van der Waals surface area contributed by atoms with Crippen LogP contribution in [0.25, 0.3) is 22.3 Å². The van der Waals surface area contributed by atoms with E-state index in [1.54, 1.807) is 12.1 Å². The van der Waals surface area contributed by atoms with Gasteiger partial charge in [-0.25, -0.2) is 4.39 Å². The monoisotopic (exact) mass is 338 g/mol. The standard InChI is InChI=1S/C22H20F2O/c1-3-4-15-5-7-16(8-6-15)17-9-11-18(12-10-17)19-13-14-20(25-2)22(24)21(19)23/h5-14H,3-4H2,1-2H3. The number of halogens is 2. The molecule has 0 fully saturated rings. The summed E-state index contributed by atoms with van der Waals surface area (Å²) in [5.41, 5.74) is 4.32. The van der Waals surface area contributed by atoms with Gasteiger partial charge in [0, 0.05) is 5.56 Å². The van der Waals surface area contributed by atoms with Crippen LogP contribution in [0.15, 0.2) is 60.7 Å². The van der Waals surface area contributed by atoms with E-state index >= 15 is 0 Å². The highest BCUT2D eigenvalue weighted by atomic mass is 19.2. The molecule has 0 N–H and O–H groups in total. The molecule has 25 heavy (non-hydrogen) atoms. The number of ether oxygens (including phenoxy) is 1. The number of hydrogen-bond donors (Lipinski definition) is 0. The molecule has 0 saturated heterocycles. The fraction of sp³-hybridized carbons (Fsp3) is 0.182. The molecule has 3 aromatic carbocycles. The van der Waals surface area contributed by atoms with Crippen LogP contribution < -0.4 is 4.74 Å². The maximum absolute atomic E-state index is 14.2. The molecule has 3 rings (SSSR count). The molecular formula is C22H20F2O. The van der Waals surface area contributed by atoms with Gasteiger partial charge in [0.2, 0.25) is 5.82 Å². The summed E-state index contributed by atoms with van der Waals surface area (Å²) in [5.74, 6) is -1.95. The first-order chi connectivity index (χ1) is 12.1. The van der Waals surface area contributed by atoms with Crippen molar-refractivity contribution in [3.63, 3.8) is 0 Å². The van der Waals surface area contributed by atoms with Crippen LogP contribution in [0, 0.1) is 11.6 Å². The van der Waals surface area contributed by atoms with E-state index in [-0.39, 0.29) is 11.3 Å². The van der Waals surface area contributed by atoms with Gasteiger partial charge in [0.05, 0.1) is 7.11 Å². The number of aryl methyl sites for hydroxylation is 1. The van der Waals surface area contributed by atoms with Gasteiger partial charge in [-0.05, 0) is 40.8 Å². The van der Waals surface area contributed by atoms with Crippen LogP contribution in [0.1, 0.15) is 18.9 Å². The Morgan fingerprint density at radius 1 is 0.720 bits per heavy atom. The molecule has 3 heteroatoms. The third-order valence-corrected chi connectivity index (χ3v) is 4.29. The zero-order valence-electron chi connectivity index (χ0n) is 14.4. The predicted molar refractivity (Wildman–Crippen MR) is 97.8 cm³/mol. The lowest BCUT2D eigenvalue weighted by Gasteiger charge is -2.09. The molecule has 0 heterocycles. The summed E-state index contributed by atoms with van der Waals surface area (Å²) in [7, 11) is 1.32. The van der Waals surface area contributed by atoms with E-state index in [2.05, 4.69) is 31.2 Å². The molecule has 0 amide bonds. The predicted octanol–water partition coefficient (Wildman–Crippen LogP) is 6.26. The third kappa shape index (κ3) is 3.55. The number of rotatable bonds is 5. The van der Waals surface area contributed by atoms with Crippen molar-refractivity contribution in [3.8, 4) is 28.0 Å². The van der Waals surface area contributed by atoms with Crippen molar-refractivity contribution in [2.45, 2.75) is 19.8 Å². The number of methoxy groups -OCH3 is 1. The molecule has 0 aliphatic rings. The lowest BCUT2D eigenvalue weighted by atomic mass is 9.98. The van der Waals surface area contributed by atoms with Crippen LogP contribution in [-0.2, 0) is 6.42 Å². The lowest BCUT2D eigenvalue weighted by Crippen LogP contribution is -1.95. The van der Waals surface area contributed by atoms with Crippen LogP contribution in [0.2, 0.25) is 0 Å². The van der Waals surface area contributed by atoms with Crippen LogP contribution in [0.4, 0.5) is 8.78 Å². The van der Waals surface area contributed by atoms with Crippen molar-refractivity contribution in [1.29, 1.82) is 0 Å². The van der Waals surface area contributed by atoms with Crippen LogP contribution in [-0.4, -0.2) is 7.11 Å². The number of benzene rings is 3. The van der Waals surface area contributed by atoms with E-state index in [1.165, 1.54) is 24.8 Å². The van der Waals surface area contributed by atoms with Crippen molar-refractivity contribution in [2.75, 3.05) is 7.11 Å². The molecule has 0 aromatic heterocycles. The van der Waals surface area contributed by atoms with Gasteiger partial charge in [0.15, 0.2) is 11.6 Å². The molecule has 0 aliphatic carbocycles. The van der Waals surface area contributed by atoms with Gasteiger partial charge < -0.3 is 4.74 Å². The summed E-state index contributed by atoms with van der Waals surface area (Å²) in [4.78, 5) is 0. The summed E-state index contributed by atoms with van der Waals surface area (Å²) in [6.45, 7) is 2.16. The third-order valence-electron chi connectivity index (χ3n) is 4.29. The van der Waals surface area contributed by atoms with Crippen molar-refractivity contribution in [3.05, 3.63) is 77.9 Å². The maximum Gasteiger partial charge on any atom is 0.201 e. The quantitative estimate of drug-likeness (QED) is 0.533. The molecule has 0 saturated carbocycles. The van der Waals surface area contributed by atoms with Crippen molar-refractivity contribution in [1.82, 2.24) is 0 Å². The smallest absolute Gasteiger partial charge is 0.201 e. The fourth-order valence-electron chi connectivity index (χ4n) is 2.91. The molecule has 1 nitrogen and oxygen atoms in total. The summed E-state index contributed by atoms with van der Waals surface area (Å²) < 4.78 is 32.9. The Bertz CT molecular complexity index is 852. The average molecular weight is 338 g/mol. The van der Waals surface area contributed by atoms with Gasteiger partial charge in [-0.3, -0.25) is 0 Å². The van der Waals surface area contributed by atoms with E-state index in [4.69, 9.17) is 4.74 Å². The van der Waals surface area contributed by atoms with E-state index < -0.39 is 11.6 Å². The van der Waals surface area contributed by atoms with E-state index in [1.807, 2.05) is 12.1 Å². The molecule has 0 bridgehead atoms. The van der Waals surface area contributed by atoms with Crippen molar-refractivity contribution < 1.29 is 13.5 Å². The van der Waals surface area contributed by atoms with Crippen LogP contribution in [0.5, 0.6) is 5.75 Å². The minimum Gasteiger partial charge on any atom is -0.494 e. The minimum atomic E-state index is -0.962.